The summed E-state index contributed by atoms with van der Waals surface area (Å²) >= 11 is 0. The molecule has 0 bridgehead atoms. The van der Waals surface area contributed by atoms with Gasteiger partial charge in [0.05, 0.1) is 5.92 Å². The van der Waals surface area contributed by atoms with Gasteiger partial charge in [-0.05, 0) is 51.0 Å². The van der Waals surface area contributed by atoms with Gasteiger partial charge in [-0.2, -0.15) is 0 Å². The Hall–Kier alpha value is -0.570. The van der Waals surface area contributed by atoms with E-state index in [-0.39, 0.29) is 5.92 Å². The Morgan fingerprint density at radius 2 is 1.71 bits per heavy atom. The minimum Gasteiger partial charge on any atom is -0.356 e. The molecule has 3 fully saturated rings. The minimum atomic E-state index is 0.270. The zero-order chi connectivity index (χ0) is 14.5. The molecule has 21 heavy (non-hydrogen) atoms. The van der Waals surface area contributed by atoms with Crippen molar-refractivity contribution in [2.24, 2.45) is 11.8 Å². The number of nitrogens with one attached hydrogen (secondary N) is 1. The van der Waals surface area contributed by atoms with Gasteiger partial charge in [0, 0.05) is 19.1 Å². The van der Waals surface area contributed by atoms with Gasteiger partial charge < -0.3 is 5.32 Å². The zero-order valence-corrected chi connectivity index (χ0v) is 13.5. The van der Waals surface area contributed by atoms with E-state index in [9.17, 15) is 4.79 Å². The van der Waals surface area contributed by atoms with Crippen LogP contribution < -0.4 is 5.32 Å². The molecule has 0 unspecified atom stereocenters. The van der Waals surface area contributed by atoms with Crippen molar-refractivity contribution < 1.29 is 4.79 Å². The second-order valence-electron chi connectivity index (χ2n) is 7.46. The van der Waals surface area contributed by atoms with Gasteiger partial charge in [0.2, 0.25) is 5.91 Å². The second kappa shape index (κ2) is 7.62. The minimum absolute atomic E-state index is 0.270. The second-order valence-corrected chi connectivity index (χ2v) is 7.46. The standard InChI is InChI=1S/C18H32N2O/c21-18-16-10-7-11-17(16)20(13-6-2-5-12-19-18)14-15-8-3-1-4-9-15/h15-17H,1-14H2,(H,19,21)/t16-,17+/m1/s1. The van der Waals surface area contributed by atoms with Gasteiger partial charge in [-0.15, -0.1) is 0 Å². The fourth-order valence-electron chi connectivity index (χ4n) is 4.74. The molecule has 3 aliphatic rings. The van der Waals surface area contributed by atoms with E-state index in [2.05, 4.69) is 10.2 Å². The van der Waals surface area contributed by atoms with Crippen LogP contribution in [0.1, 0.15) is 70.6 Å². The summed E-state index contributed by atoms with van der Waals surface area (Å²) < 4.78 is 0. The molecule has 0 radical (unpaired) electrons. The quantitative estimate of drug-likeness (QED) is 0.846. The molecule has 0 aromatic carbocycles. The third-order valence-electron chi connectivity index (χ3n) is 5.92. The normalized spacial score (nSPS) is 33.4. The smallest absolute Gasteiger partial charge is 0.224 e. The van der Waals surface area contributed by atoms with E-state index in [1.54, 1.807) is 0 Å². The summed E-state index contributed by atoms with van der Waals surface area (Å²) in [6, 6.07) is 0.532. The van der Waals surface area contributed by atoms with E-state index in [1.807, 2.05) is 0 Å². The van der Waals surface area contributed by atoms with Gasteiger partial charge in [0.25, 0.3) is 0 Å². The summed E-state index contributed by atoms with van der Waals surface area (Å²) in [6.45, 7) is 3.38. The number of fused-ring (bicyclic) bond motifs is 1. The van der Waals surface area contributed by atoms with Crippen molar-refractivity contribution in [2.75, 3.05) is 19.6 Å². The Labute approximate surface area is 129 Å². The highest BCUT2D eigenvalue weighted by molar-refractivity contribution is 5.79. The van der Waals surface area contributed by atoms with Crippen molar-refractivity contribution in [1.82, 2.24) is 10.2 Å². The molecular weight excluding hydrogens is 260 g/mol. The van der Waals surface area contributed by atoms with Crippen molar-refractivity contribution in [3.05, 3.63) is 0 Å². The summed E-state index contributed by atoms with van der Waals surface area (Å²) in [5.74, 6) is 1.51. The largest absolute Gasteiger partial charge is 0.356 e. The van der Waals surface area contributed by atoms with E-state index in [0.29, 0.717) is 11.9 Å². The maximum Gasteiger partial charge on any atom is 0.224 e. The van der Waals surface area contributed by atoms with Crippen LogP contribution in [-0.4, -0.2) is 36.5 Å². The van der Waals surface area contributed by atoms with Gasteiger partial charge >= 0.3 is 0 Å². The van der Waals surface area contributed by atoms with Crippen molar-refractivity contribution in [2.45, 2.75) is 76.7 Å². The first-order valence-corrected chi connectivity index (χ1v) is 9.36. The zero-order valence-electron chi connectivity index (χ0n) is 13.5. The molecule has 1 N–H and O–H groups in total. The highest BCUT2D eigenvalue weighted by Crippen LogP contribution is 2.33. The van der Waals surface area contributed by atoms with E-state index < -0.39 is 0 Å². The van der Waals surface area contributed by atoms with Crippen LogP contribution >= 0.6 is 0 Å². The molecule has 2 aliphatic carbocycles. The topological polar surface area (TPSA) is 32.3 Å². The monoisotopic (exact) mass is 292 g/mol. The molecule has 0 spiro atoms. The number of hydrogen-bond donors (Lipinski definition) is 1. The summed E-state index contributed by atoms with van der Waals surface area (Å²) in [5, 5.41) is 3.18. The molecule has 2 atom stereocenters. The Balaban J connectivity index is 1.66. The molecule has 1 heterocycles. The van der Waals surface area contributed by atoms with E-state index in [4.69, 9.17) is 0 Å². The van der Waals surface area contributed by atoms with Gasteiger partial charge in [0.1, 0.15) is 0 Å². The number of hydrogen-bond acceptors (Lipinski definition) is 2. The molecule has 3 rings (SSSR count). The van der Waals surface area contributed by atoms with Crippen LogP contribution in [0.2, 0.25) is 0 Å². The highest BCUT2D eigenvalue weighted by atomic mass is 16.1. The van der Waals surface area contributed by atoms with Crippen LogP contribution in [-0.2, 0) is 4.79 Å². The summed E-state index contributed by atoms with van der Waals surface area (Å²) in [5.41, 5.74) is 0. The molecule has 3 heteroatoms. The van der Waals surface area contributed by atoms with Gasteiger partial charge in [-0.1, -0.05) is 32.1 Å². The fraction of sp³-hybridized carbons (Fsp3) is 0.944. The molecule has 0 aromatic rings. The summed E-state index contributed by atoms with van der Waals surface area (Å²) in [7, 11) is 0. The highest BCUT2D eigenvalue weighted by Gasteiger charge is 2.37. The molecular formula is C18H32N2O. The molecule has 1 amide bonds. The Bertz CT molecular complexity index is 338. The SMILES string of the molecule is O=C1NCCCCCN(CC2CCCCC2)[C@H]2CCC[C@@H]12. The van der Waals surface area contributed by atoms with Crippen LogP contribution in [0.15, 0.2) is 0 Å². The van der Waals surface area contributed by atoms with Crippen LogP contribution in [0.25, 0.3) is 0 Å². The first kappa shape index (κ1) is 15.3. The lowest BCUT2D eigenvalue weighted by Crippen LogP contribution is -2.47. The van der Waals surface area contributed by atoms with E-state index >= 15 is 0 Å². The third kappa shape index (κ3) is 4.00. The molecule has 0 aromatic heterocycles. The van der Waals surface area contributed by atoms with Crippen molar-refractivity contribution in [3.8, 4) is 0 Å². The maximum atomic E-state index is 12.4. The Morgan fingerprint density at radius 3 is 2.57 bits per heavy atom. The number of rotatable bonds is 2. The number of nitrogens with zero attached hydrogens (tertiary/aromatic N) is 1. The number of carbonyl (C=O) groups is 1. The van der Waals surface area contributed by atoms with E-state index in [0.717, 1.165) is 25.3 Å². The molecule has 3 nitrogen and oxygen atoms in total. The van der Waals surface area contributed by atoms with Crippen LogP contribution in [0, 0.1) is 11.8 Å². The van der Waals surface area contributed by atoms with Crippen LogP contribution in [0.3, 0.4) is 0 Å². The Kier molecular flexibility index (Phi) is 5.56. The molecule has 2 saturated carbocycles. The molecule has 1 aliphatic heterocycles. The first-order chi connectivity index (χ1) is 10.3. The predicted molar refractivity (Wildman–Crippen MR) is 86.1 cm³/mol. The summed E-state index contributed by atoms with van der Waals surface area (Å²) in [6.07, 6.45) is 14.4. The van der Waals surface area contributed by atoms with Gasteiger partial charge in [-0.25, -0.2) is 0 Å². The first-order valence-electron chi connectivity index (χ1n) is 9.36. The van der Waals surface area contributed by atoms with Crippen molar-refractivity contribution in [3.63, 3.8) is 0 Å². The fourth-order valence-corrected chi connectivity index (χ4v) is 4.74. The van der Waals surface area contributed by atoms with Crippen molar-refractivity contribution in [1.29, 1.82) is 0 Å². The molecule has 120 valence electrons. The number of amides is 1. The average Bonchev–Trinajstić information content (AvgIpc) is 2.99. The van der Waals surface area contributed by atoms with Crippen LogP contribution in [0.4, 0.5) is 0 Å². The lowest BCUT2D eigenvalue weighted by molar-refractivity contribution is -0.126. The summed E-state index contributed by atoms with van der Waals surface area (Å²) in [4.78, 5) is 15.1. The molecule has 1 saturated heterocycles. The predicted octanol–water partition coefficient (Wildman–Crippen LogP) is 3.34. The van der Waals surface area contributed by atoms with Gasteiger partial charge in [-0.3, -0.25) is 9.69 Å². The lowest BCUT2D eigenvalue weighted by Gasteiger charge is -2.37. The average molecular weight is 292 g/mol. The number of carbonyl (C=O) groups excluding carboxylic acids is 1. The Morgan fingerprint density at radius 1 is 0.905 bits per heavy atom. The lowest BCUT2D eigenvalue weighted by atomic mass is 9.88. The maximum absolute atomic E-state index is 12.4. The van der Waals surface area contributed by atoms with Crippen molar-refractivity contribution >= 4 is 5.91 Å². The van der Waals surface area contributed by atoms with E-state index in [1.165, 1.54) is 70.9 Å². The van der Waals surface area contributed by atoms with Crippen LogP contribution in [0.5, 0.6) is 0 Å². The third-order valence-corrected chi connectivity index (χ3v) is 5.92. The van der Waals surface area contributed by atoms with Gasteiger partial charge in [0.15, 0.2) is 0 Å².